The van der Waals surface area contributed by atoms with Crippen LogP contribution < -0.4 is 5.32 Å². The maximum absolute atomic E-state index is 11.8. The third-order valence-electron chi connectivity index (χ3n) is 4.05. The number of thioether (sulfide) groups is 1. The summed E-state index contributed by atoms with van der Waals surface area (Å²) in [6.07, 6.45) is 2.89. The molecular formula is C13H19N3O4S2. The van der Waals surface area contributed by atoms with Crippen LogP contribution in [-0.2, 0) is 14.6 Å². The van der Waals surface area contributed by atoms with Gasteiger partial charge in [0.05, 0.1) is 23.2 Å². The molecular weight excluding hydrogens is 326 g/mol. The van der Waals surface area contributed by atoms with E-state index in [1.54, 1.807) is 0 Å². The summed E-state index contributed by atoms with van der Waals surface area (Å²) >= 11 is 1.18. The Labute approximate surface area is 133 Å². The van der Waals surface area contributed by atoms with Crippen LogP contribution in [0.1, 0.15) is 38.0 Å². The summed E-state index contributed by atoms with van der Waals surface area (Å²) in [5, 5.41) is 11.1. The molecule has 9 heteroatoms. The number of hydrogen-bond acceptors (Lipinski definition) is 7. The van der Waals surface area contributed by atoms with Gasteiger partial charge in [-0.1, -0.05) is 11.8 Å². The predicted octanol–water partition coefficient (Wildman–Crippen LogP) is 0.979. The lowest BCUT2D eigenvalue weighted by Gasteiger charge is -2.11. The van der Waals surface area contributed by atoms with Crippen molar-refractivity contribution in [3.05, 3.63) is 5.89 Å². The summed E-state index contributed by atoms with van der Waals surface area (Å²) in [6.45, 7) is 2.02. The molecule has 1 aromatic rings. The number of carbonyl (C=O) groups is 1. The average molecular weight is 345 g/mol. The van der Waals surface area contributed by atoms with Crippen molar-refractivity contribution in [2.45, 2.75) is 43.4 Å². The van der Waals surface area contributed by atoms with Gasteiger partial charge < -0.3 is 9.73 Å². The van der Waals surface area contributed by atoms with Gasteiger partial charge >= 0.3 is 0 Å². The molecule has 1 aliphatic heterocycles. The number of carbonyl (C=O) groups excluding carboxylic acids is 1. The van der Waals surface area contributed by atoms with Crippen LogP contribution in [0.25, 0.3) is 0 Å². The first-order chi connectivity index (χ1) is 10.4. The Bertz CT molecular complexity index is 654. The fraction of sp³-hybridized carbons (Fsp3) is 0.769. The van der Waals surface area contributed by atoms with Crippen LogP contribution >= 0.6 is 11.8 Å². The first kappa shape index (κ1) is 15.8. The standard InChI is InChI=1S/C13H19N3O4S2/c1-8(9-2-3-9)14-11(17)6-21-13-16-15-12(20-13)10-4-5-22(18,19)7-10/h8-10H,2-7H2,1H3,(H,14,17)/t8-,10-/m0/s1. The van der Waals surface area contributed by atoms with Crippen molar-refractivity contribution in [1.29, 1.82) is 0 Å². The van der Waals surface area contributed by atoms with E-state index >= 15 is 0 Å². The van der Waals surface area contributed by atoms with Crippen molar-refractivity contribution in [2.75, 3.05) is 17.3 Å². The Hall–Kier alpha value is -1.09. The first-order valence-electron chi connectivity index (χ1n) is 7.39. The fourth-order valence-electron chi connectivity index (χ4n) is 2.57. The van der Waals surface area contributed by atoms with E-state index in [9.17, 15) is 13.2 Å². The van der Waals surface area contributed by atoms with Crippen LogP contribution in [0.3, 0.4) is 0 Å². The molecule has 7 nitrogen and oxygen atoms in total. The Kier molecular flexibility index (Phi) is 4.44. The van der Waals surface area contributed by atoms with Crippen molar-refractivity contribution < 1.29 is 17.6 Å². The van der Waals surface area contributed by atoms with Crippen LogP contribution in [0.2, 0.25) is 0 Å². The van der Waals surface area contributed by atoms with Crippen molar-refractivity contribution in [1.82, 2.24) is 15.5 Å². The molecule has 2 atom stereocenters. The lowest BCUT2D eigenvalue weighted by molar-refractivity contribution is -0.119. The molecule has 1 saturated heterocycles. The molecule has 0 radical (unpaired) electrons. The van der Waals surface area contributed by atoms with Gasteiger partial charge in [-0.3, -0.25) is 4.79 Å². The molecule has 0 spiro atoms. The highest BCUT2D eigenvalue weighted by Crippen LogP contribution is 2.32. The molecule has 22 heavy (non-hydrogen) atoms. The number of sulfone groups is 1. The van der Waals surface area contributed by atoms with E-state index in [1.165, 1.54) is 24.6 Å². The number of rotatable bonds is 6. The highest BCUT2D eigenvalue weighted by Gasteiger charge is 2.33. The van der Waals surface area contributed by atoms with Gasteiger partial charge in [-0.15, -0.1) is 10.2 Å². The maximum atomic E-state index is 11.8. The second-order valence-electron chi connectivity index (χ2n) is 5.99. The molecule has 2 fully saturated rings. The van der Waals surface area contributed by atoms with Crippen LogP contribution in [-0.4, -0.2) is 47.8 Å². The molecule has 2 aliphatic rings. The van der Waals surface area contributed by atoms with Gasteiger partial charge in [0.1, 0.15) is 0 Å². The summed E-state index contributed by atoms with van der Waals surface area (Å²) in [5.74, 6) is 1.18. The molecule has 2 heterocycles. The minimum Gasteiger partial charge on any atom is -0.416 e. The van der Waals surface area contributed by atoms with Crippen LogP contribution in [0.4, 0.5) is 0 Å². The topological polar surface area (TPSA) is 102 Å². The van der Waals surface area contributed by atoms with Gasteiger partial charge in [0.25, 0.3) is 5.22 Å². The van der Waals surface area contributed by atoms with Crippen LogP contribution in [0.15, 0.2) is 9.64 Å². The zero-order valence-electron chi connectivity index (χ0n) is 12.3. The number of hydrogen-bond donors (Lipinski definition) is 1. The van der Waals surface area contributed by atoms with E-state index in [0.717, 1.165) is 0 Å². The highest BCUT2D eigenvalue weighted by atomic mass is 32.2. The number of nitrogens with one attached hydrogen (secondary N) is 1. The molecule has 0 bridgehead atoms. The van der Waals surface area contributed by atoms with E-state index in [1.807, 2.05) is 6.92 Å². The molecule has 1 N–H and O–H groups in total. The summed E-state index contributed by atoms with van der Waals surface area (Å²) < 4.78 is 28.4. The van der Waals surface area contributed by atoms with E-state index < -0.39 is 9.84 Å². The predicted molar refractivity (Wildman–Crippen MR) is 81.4 cm³/mol. The Morgan fingerprint density at radius 3 is 2.82 bits per heavy atom. The van der Waals surface area contributed by atoms with E-state index in [0.29, 0.717) is 23.5 Å². The van der Waals surface area contributed by atoms with Crippen molar-refractivity contribution >= 4 is 27.5 Å². The number of aromatic nitrogens is 2. The molecule has 122 valence electrons. The van der Waals surface area contributed by atoms with Crippen LogP contribution in [0, 0.1) is 5.92 Å². The Morgan fingerprint density at radius 2 is 2.18 bits per heavy atom. The summed E-state index contributed by atoms with van der Waals surface area (Å²) in [4.78, 5) is 11.8. The van der Waals surface area contributed by atoms with E-state index in [-0.39, 0.29) is 35.1 Å². The van der Waals surface area contributed by atoms with Gasteiger partial charge in [-0.25, -0.2) is 8.42 Å². The zero-order valence-corrected chi connectivity index (χ0v) is 14.0. The van der Waals surface area contributed by atoms with Gasteiger partial charge in [0, 0.05) is 6.04 Å². The monoisotopic (exact) mass is 345 g/mol. The van der Waals surface area contributed by atoms with Crippen LogP contribution in [0.5, 0.6) is 0 Å². The molecule has 0 unspecified atom stereocenters. The first-order valence-corrected chi connectivity index (χ1v) is 10.2. The lowest BCUT2D eigenvalue weighted by atomic mass is 10.1. The molecule has 1 amide bonds. The lowest BCUT2D eigenvalue weighted by Crippen LogP contribution is -2.35. The Morgan fingerprint density at radius 1 is 1.41 bits per heavy atom. The fourth-order valence-corrected chi connectivity index (χ4v) is 4.88. The summed E-state index contributed by atoms with van der Waals surface area (Å²) in [6, 6.07) is 0.218. The van der Waals surface area contributed by atoms with Gasteiger partial charge in [-0.05, 0) is 32.1 Å². The quantitative estimate of drug-likeness (QED) is 0.767. The SMILES string of the molecule is C[C@H](NC(=O)CSc1nnc([C@H]2CCS(=O)(=O)C2)o1)C1CC1. The molecule has 0 aromatic carbocycles. The van der Waals surface area contributed by atoms with Crippen molar-refractivity contribution in [3.63, 3.8) is 0 Å². The van der Waals surface area contributed by atoms with Gasteiger partial charge in [-0.2, -0.15) is 0 Å². The smallest absolute Gasteiger partial charge is 0.277 e. The zero-order chi connectivity index (χ0) is 15.7. The highest BCUT2D eigenvalue weighted by molar-refractivity contribution is 7.99. The molecule has 3 rings (SSSR count). The number of amides is 1. The summed E-state index contributed by atoms with van der Waals surface area (Å²) in [7, 11) is -2.97. The largest absolute Gasteiger partial charge is 0.416 e. The molecule has 1 aromatic heterocycles. The van der Waals surface area contributed by atoms with E-state index in [2.05, 4.69) is 15.5 Å². The second-order valence-corrected chi connectivity index (χ2v) is 9.14. The summed E-state index contributed by atoms with van der Waals surface area (Å²) in [5.41, 5.74) is 0. The third-order valence-corrected chi connectivity index (χ3v) is 6.63. The minimum atomic E-state index is -2.97. The normalized spacial score (nSPS) is 25.0. The Balaban J connectivity index is 1.48. The molecule has 1 saturated carbocycles. The maximum Gasteiger partial charge on any atom is 0.277 e. The van der Waals surface area contributed by atoms with Gasteiger partial charge in [0.15, 0.2) is 9.84 Å². The number of nitrogens with zero attached hydrogens (tertiary/aromatic N) is 2. The third kappa shape index (κ3) is 4.01. The van der Waals surface area contributed by atoms with Crippen molar-refractivity contribution in [3.8, 4) is 0 Å². The molecule has 1 aliphatic carbocycles. The minimum absolute atomic E-state index is 0.0485. The average Bonchev–Trinajstić information content (AvgIpc) is 3.10. The van der Waals surface area contributed by atoms with Crippen molar-refractivity contribution in [2.24, 2.45) is 5.92 Å². The second kappa shape index (κ2) is 6.19. The van der Waals surface area contributed by atoms with E-state index in [4.69, 9.17) is 4.42 Å². The van der Waals surface area contributed by atoms with Gasteiger partial charge in [0.2, 0.25) is 11.8 Å².